The molecule has 7 nitrogen and oxygen atoms in total. The molecule has 0 unspecified atom stereocenters. The van der Waals surface area contributed by atoms with Gasteiger partial charge in [0.2, 0.25) is 0 Å². The summed E-state index contributed by atoms with van der Waals surface area (Å²) >= 11 is 32.7. The SMILES string of the molecule is Cc1ccc(-c2cc(C(F)F)nc3sc(C(N)=O)c(NC(=O)c4ccc(COc5c(Cl)c(Cl)c(Cl)c(Cl)c5Cl)o4)c23)s1. The molecule has 2 amide bonds. The van der Waals surface area contributed by atoms with Crippen molar-refractivity contribution in [3.8, 4) is 16.2 Å². The molecule has 42 heavy (non-hydrogen) atoms. The van der Waals surface area contributed by atoms with E-state index < -0.39 is 23.9 Å². The van der Waals surface area contributed by atoms with Gasteiger partial charge in [0, 0.05) is 20.7 Å². The van der Waals surface area contributed by atoms with Gasteiger partial charge >= 0.3 is 0 Å². The first-order valence-corrected chi connectivity index (χ1v) is 15.1. The Hall–Kier alpha value is -2.64. The van der Waals surface area contributed by atoms with Crippen LogP contribution >= 0.6 is 80.7 Å². The summed E-state index contributed by atoms with van der Waals surface area (Å²) in [5.74, 6) is -1.62. The van der Waals surface area contributed by atoms with Crippen LogP contribution in [0.25, 0.3) is 20.7 Å². The quantitative estimate of drug-likeness (QED) is 0.123. The van der Waals surface area contributed by atoms with Gasteiger partial charge in [-0.3, -0.25) is 9.59 Å². The Morgan fingerprint density at radius 1 is 1.02 bits per heavy atom. The molecule has 5 rings (SSSR count). The number of rotatable bonds is 8. The van der Waals surface area contributed by atoms with Crippen molar-refractivity contribution < 1.29 is 27.5 Å². The molecule has 3 N–H and O–H groups in total. The second-order valence-corrected chi connectivity index (χ2v) is 12.7. The first-order chi connectivity index (χ1) is 19.9. The third-order valence-electron chi connectivity index (χ3n) is 5.79. The summed E-state index contributed by atoms with van der Waals surface area (Å²) in [6, 6.07) is 7.66. The number of hydrogen-bond donors (Lipinski definition) is 2. The zero-order valence-corrected chi connectivity index (χ0v) is 26.2. The zero-order chi connectivity index (χ0) is 30.5. The van der Waals surface area contributed by atoms with Crippen LogP contribution in [0.4, 0.5) is 14.5 Å². The Morgan fingerprint density at radius 3 is 2.29 bits per heavy atom. The lowest BCUT2D eigenvalue weighted by molar-refractivity contribution is 0.0992. The third kappa shape index (κ3) is 5.79. The van der Waals surface area contributed by atoms with Gasteiger partial charge in [0.15, 0.2) is 11.5 Å². The number of amides is 2. The number of carbonyl (C=O) groups excluding carboxylic acids is 2. The number of anilines is 1. The number of ether oxygens (including phenoxy) is 1. The smallest absolute Gasteiger partial charge is 0.291 e. The van der Waals surface area contributed by atoms with Gasteiger partial charge in [-0.25, -0.2) is 13.8 Å². The molecule has 0 radical (unpaired) electrons. The summed E-state index contributed by atoms with van der Waals surface area (Å²) in [7, 11) is 0. The number of nitrogens with zero attached hydrogens (tertiary/aromatic N) is 1. The van der Waals surface area contributed by atoms with Crippen LogP contribution in [0.2, 0.25) is 25.1 Å². The van der Waals surface area contributed by atoms with Crippen molar-refractivity contribution in [3.63, 3.8) is 0 Å². The van der Waals surface area contributed by atoms with Crippen LogP contribution in [0.1, 0.15) is 43.0 Å². The van der Waals surface area contributed by atoms with Gasteiger partial charge in [0.1, 0.15) is 37.8 Å². The molecule has 16 heteroatoms. The maximum Gasteiger partial charge on any atom is 0.291 e. The molecule has 0 atom stereocenters. The molecule has 0 bridgehead atoms. The second kappa shape index (κ2) is 12.2. The Balaban J connectivity index is 1.47. The molecule has 218 valence electrons. The molecule has 0 saturated carbocycles. The Morgan fingerprint density at radius 2 is 1.69 bits per heavy atom. The largest absolute Gasteiger partial charge is 0.482 e. The van der Waals surface area contributed by atoms with Crippen molar-refractivity contribution in [3.05, 3.63) is 82.4 Å². The van der Waals surface area contributed by atoms with Crippen LogP contribution in [0.15, 0.2) is 34.7 Å². The number of thiophene rings is 2. The van der Waals surface area contributed by atoms with E-state index in [2.05, 4.69) is 10.3 Å². The molecule has 0 saturated heterocycles. The first-order valence-electron chi connectivity index (χ1n) is 11.5. The number of nitrogens with one attached hydrogen (secondary N) is 1. The molecule has 0 aliphatic rings. The highest BCUT2D eigenvalue weighted by Gasteiger charge is 2.27. The van der Waals surface area contributed by atoms with Crippen molar-refractivity contribution in [2.24, 2.45) is 5.73 Å². The molecule has 0 aliphatic carbocycles. The minimum absolute atomic E-state index is 0.0279. The minimum atomic E-state index is -2.86. The maximum atomic E-state index is 13.7. The monoisotopic (exact) mass is 709 g/mol. The Kier molecular flexibility index (Phi) is 8.92. The number of furan rings is 1. The average Bonchev–Trinajstić information content (AvgIpc) is 3.69. The van der Waals surface area contributed by atoms with E-state index in [4.69, 9.17) is 72.9 Å². The van der Waals surface area contributed by atoms with Crippen LogP contribution in [-0.4, -0.2) is 16.8 Å². The van der Waals surface area contributed by atoms with Crippen molar-refractivity contribution in [2.75, 3.05) is 5.32 Å². The maximum absolute atomic E-state index is 13.7. The lowest BCUT2D eigenvalue weighted by atomic mass is 10.1. The first kappa shape index (κ1) is 30.8. The van der Waals surface area contributed by atoms with E-state index >= 15 is 0 Å². The molecule has 0 spiro atoms. The number of halogens is 7. The average molecular weight is 712 g/mol. The number of nitrogens with two attached hydrogens (primary N) is 1. The number of carbonyl (C=O) groups is 2. The van der Waals surface area contributed by atoms with Gasteiger partial charge in [-0.2, -0.15) is 0 Å². The molecule has 0 aliphatic heterocycles. The summed E-state index contributed by atoms with van der Waals surface area (Å²) in [5, 5.41) is 2.67. The van der Waals surface area contributed by atoms with Gasteiger partial charge < -0.3 is 20.2 Å². The number of aromatic nitrogens is 1. The van der Waals surface area contributed by atoms with Crippen molar-refractivity contribution in [2.45, 2.75) is 20.0 Å². The molecule has 4 aromatic heterocycles. The van der Waals surface area contributed by atoms with Crippen LogP contribution in [0.3, 0.4) is 0 Å². The summed E-state index contributed by atoms with van der Waals surface area (Å²) in [5.41, 5.74) is 5.52. The van der Waals surface area contributed by atoms with E-state index in [9.17, 15) is 18.4 Å². The van der Waals surface area contributed by atoms with Gasteiger partial charge in [-0.05, 0) is 37.3 Å². The summed E-state index contributed by atoms with van der Waals surface area (Å²) in [6.07, 6.45) is -2.86. The van der Waals surface area contributed by atoms with Crippen molar-refractivity contribution in [1.29, 1.82) is 0 Å². The summed E-state index contributed by atoms with van der Waals surface area (Å²) in [6.45, 7) is 1.64. The van der Waals surface area contributed by atoms with Gasteiger partial charge in [-0.1, -0.05) is 58.0 Å². The van der Waals surface area contributed by atoms with Gasteiger partial charge in [0.05, 0.1) is 20.8 Å². The van der Waals surface area contributed by atoms with Crippen molar-refractivity contribution in [1.82, 2.24) is 4.98 Å². The van der Waals surface area contributed by atoms with E-state index in [1.54, 1.807) is 6.07 Å². The molecular formula is C26H14Cl5F2N3O4S2. The lowest BCUT2D eigenvalue weighted by Crippen LogP contribution is -2.16. The number of benzene rings is 1. The highest BCUT2D eigenvalue weighted by atomic mass is 35.5. The van der Waals surface area contributed by atoms with Crippen LogP contribution in [0, 0.1) is 6.92 Å². The molecule has 5 aromatic rings. The normalized spacial score (nSPS) is 11.5. The summed E-state index contributed by atoms with van der Waals surface area (Å²) < 4.78 is 38.6. The number of hydrogen-bond acceptors (Lipinski definition) is 7. The Labute approximate surface area is 269 Å². The Bertz CT molecular complexity index is 1860. The van der Waals surface area contributed by atoms with Crippen molar-refractivity contribution >= 4 is 108 Å². The highest BCUT2D eigenvalue weighted by molar-refractivity contribution is 7.21. The number of pyridine rings is 1. The second-order valence-electron chi connectivity index (χ2n) is 8.56. The van der Waals surface area contributed by atoms with E-state index in [0.717, 1.165) is 16.2 Å². The third-order valence-corrected chi connectivity index (χ3v) is 10.2. The lowest BCUT2D eigenvalue weighted by Gasteiger charge is -2.12. The van der Waals surface area contributed by atoms with Gasteiger partial charge in [-0.15, -0.1) is 22.7 Å². The van der Waals surface area contributed by atoms with Crippen LogP contribution < -0.4 is 15.8 Å². The summed E-state index contributed by atoms with van der Waals surface area (Å²) in [4.78, 5) is 31.2. The van der Waals surface area contributed by atoms with E-state index in [1.165, 1.54) is 29.5 Å². The van der Waals surface area contributed by atoms with E-state index in [1.807, 2.05) is 13.0 Å². The predicted molar refractivity (Wildman–Crippen MR) is 164 cm³/mol. The molecule has 4 heterocycles. The topological polar surface area (TPSA) is 107 Å². The fourth-order valence-corrected chi connectivity index (χ4v) is 7.04. The number of alkyl halides is 2. The number of fused-ring (bicyclic) bond motifs is 1. The van der Waals surface area contributed by atoms with Crippen LogP contribution in [-0.2, 0) is 6.61 Å². The van der Waals surface area contributed by atoms with Gasteiger partial charge in [0.25, 0.3) is 18.2 Å². The zero-order valence-electron chi connectivity index (χ0n) is 20.8. The van der Waals surface area contributed by atoms with E-state index in [0.29, 0.717) is 15.8 Å². The minimum Gasteiger partial charge on any atom is -0.482 e. The molecule has 0 fully saturated rings. The fourth-order valence-electron chi connectivity index (χ4n) is 3.90. The standard InChI is InChI=1S/C26H14Cl5F2N3O4S2/c1-8-2-5-13(41-8)10-6-11(23(32)33)35-26-14(10)20(22(42-26)24(34)37)36-25(38)12-4-3-9(40-12)7-39-21-18(30)16(28)15(27)17(29)19(21)31/h2-6,23H,7H2,1H3,(H2,34,37)(H,36,38). The predicted octanol–water partition coefficient (Wildman–Crippen LogP) is 10.1. The fraction of sp³-hybridized carbons (Fsp3) is 0.115. The van der Waals surface area contributed by atoms with Crippen LogP contribution in [0.5, 0.6) is 5.75 Å². The number of aryl methyl sites for hydroxylation is 1. The highest BCUT2D eigenvalue weighted by Crippen LogP contribution is 2.48. The molecular weight excluding hydrogens is 698 g/mol. The number of primary amides is 1. The van der Waals surface area contributed by atoms with E-state index in [-0.39, 0.29) is 64.4 Å². The molecule has 1 aromatic carbocycles.